The van der Waals surface area contributed by atoms with E-state index in [0.29, 0.717) is 10.1 Å². The van der Waals surface area contributed by atoms with Gasteiger partial charge in [0, 0.05) is 10.1 Å². The summed E-state index contributed by atoms with van der Waals surface area (Å²) >= 11 is 0.871. The van der Waals surface area contributed by atoms with E-state index in [0.717, 1.165) is 23.8 Å². The number of thiophene rings is 1. The predicted molar refractivity (Wildman–Crippen MR) is 66.6 cm³/mol. The summed E-state index contributed by atoms with van der Waals surface area (Å²) in [5.74, 6) is 0. The largest absolute Gasteiger partial charge is 0.422 e. The lowest BCUT2D eigenvalue weighted by Gasteiger charge is -2.25. The molecule has 0 aliphatic rings. The van der Waals surface area contributed by atoms with E-state index in [9.17, 15) is 18.3 Å². The molecule has 0 radical (unpaired) electrons. The molecule has 1 atom stereocenters. The molecule has 2 rings (SSSR count). The molecular formula is C12H12F3NOS. The van der Waals surface area contributed by atoms with Crippen LogP contribution in [0.2, 0.25) is 0 Å². The predicted octanol–water partition coefficient (Wildman–Crippen LogP) is 3.56. The second kappa shape index (κ2) is 3.86. The highest BCUT2D eigenvalue weighted by molar-refractivity contribution is 7.19. The minimum absolute atomic E-state index is 0.000949. The van der Waals surface area contributed by atoms with E-state index in [1.165, 1.54) is 0 Å². The van der Waals surface area contributed by atoms with E-state index in [4.69, 9.17) is 5.73 Å². The molecule has 1 unspecified atom stereocenters. The van der Waals surface area contributed by atoms with Crippen molar-refractivity contribution in [2.75, 3.05) is 5.73 Å². The first kappa shape index (κ1) is 13.2. The molecule has 98 valence electrons. The standard InChI is InChI=1S/C12H12F3NOS/c1-6-3-4-8-7(5-6)9(16)10(18-8)11(2,17)12(13,14)15/h3-5,17H,16H2,1-2H3. The molecule has 2 aromatic rings. The van der Waals surface area contributed by atoms with Crippen molar-refractivity contribution in [2.45, 2.75) is 25.6 Å². The van der Waals surface area contributed by atoms with Gasteiger partial charge in [0.05, 0.1) is 10.6 Å². The van der Waals surface area contributed by atoms with Crippen LogP contribution in [-0.4, -0.2) is 11.3 Å². The van der Waals surface area contributed by atoms with Gasteiger partial charge in [-0.15, -0.1) is 11.3 Å². The Bertz CT molecular complexity index is 601. The topological polar surface area (TPSA) is 46.2 Å². The van der Waals surface area contributed by atoms with Crippen LogP contribution in [0, 0.1) is 6.92 Å². The minimum Gasteiger partial charge on any atom is -0.397 e. The van der Waals surface area contributed by atoms with Crippen LogP contribution in [0.3, 0.4) is 0 Å². The van der Waals surface area contributed by atoms with E-state index in [1.54, 1.807) is 18.2 Å². The van der Waals surface area contributed by atoms with Crippen LogP contribution in [-0.2, 0) is 5.60 Å². The number of halogens is 3. The molecule has 0 spiro atoms. The molecule has 1 heterocycles. The summed E-state index contributed by atoms with van der Waals surface area (Å²) in [6.07, 6.45) is -4.75. The second-order valence-electron chi connectivity index (χ2n) is 4.41. The van der Waals surface area contributed by atoms with Gasteiger partial charge < -0.3 is 10.8 Å². The molecule has 0 saturated carbocycles. The zero-order valence-electron chi connectivity index (χ0n) is 9.80. The Hall–Kier alpha value is -1.27. The molecule has 0 bridgehead atoms. The summed E-state index contributed by atoms with van der Waals surface area (Å²) in [6.45, 7) is 2.55. The fourth-order valence-corrected chi connectivity index (χ4v) is 2.89. The van der Waals surface area contributed by atoms with Gasteiger partial charge in [0.1, 0.15) is 0 Å². The third-order valence-corrected chi connectivity index (χ3v) is 4.27. The Balaban J connectivity index is 2.70. The number of fused-ring (bicyclic) bond motifs is 1. The van der Waals surface area contributed by atoms with Crippen LogP contribution in [0.5, 0.6) is 0 Å². The number of nitrogen functional groups attached to an aromatic ring is 1. The summed E-state index contributed by atoms with van der Waals surface area (Å²) < 4.78 is 39.1. The van der Waals surface area contributed by atoms with Gasteiger partial charge in [-0.25, -0.2) is 0 Å². The van der Waals surface area contributed by atoms with Gasteiger partial charge in [-0.2, -0.15) is 13.2 Å². The van der Waals surface area contributed by atoms with Crippen LogP contribution in [0.15, 0.2) is 18.2 Å². The van der Waals surface area contributed by atoms with Crippen molar-refractivity contribution >= 4 is 27.1 Å². The fourth-order valence-electron chi connectivity index (χ4n) is 1.72. The van der Waals surface area contributed by atoms with Crippen molar-refractivity contribution in [1.29, 1.82) is 0 Å². The molecule has 18 heavy (non-hydrogen) atoms. The third kappa shape index (κ3) is 1.85. The van der Waals surface area contributed by atoms with Gasteiger partial charge in [0.15, 0.2) is 5.60 Å². The number of aliphatic hydroxyl groups is 1. The summed E-state index contributed by atoms with van der Waals surface area (Å²) in [6, 6.07) is 5.23. The van der Waals surface area contributed by atoms with Gasteiger partial charge in [-0.1, -0.05) is 11.6 Å². The SMILES string of the molecule is Cc1ccc2sc(C(C)(O)C(F)(F)F)c(N)c2c1. The molecule has 6 heteroatoms. The van der Waals surface area contributed by atoms with E-state index in [2.05, 4.69) is 0 Å². The minimum atomic E-state index is -4.75. The number of hydrogen-bond acceptors (Lipinski definition) is 3. The second-order valence-corrected chi connectivity index (χ2v) is 5.47. The van der Waals surface area contributed by atoms with Crippen LogP contribution in [0.25, 0.3) is 10.1 Å². The van der Waals surface area contributed by atoms with E-state index < -0.39 is 11.8 Å². The molecule has 1 aromatic carbocycles. The van der Waals surface area contributed by atoms with Crippen molar-refractivity contribution in [3.05, 3.63) is 28.6 Å². The molecule has 3 N–H and O–H groups in total. The van der Waals surface area contributed by atoms with Gasteiger partial charge in [-0.05, 0) is 26.0 Å². The lowest BCUT2D eigenvalue weighted by molar-refractivity contribution is -0.257. The van der Waals surface area contributed by atoms with Crippen molar-refractivity contribution in [1.82, 2.24) is 0 Å². The van der Waals surface area contributed by atoms with Gasteiger partial charge in [-0.3, -0.25) is 0 Å². The molecule has 2 nitrogen and oxygen atoms in total. The van der Waals surface area contributed by atoms with Crippen molar-refractivity contribution in [3.63, 3.8) is 0 Å². The molecule has 0 saturated heterocycles. The zero-order chi connectivity index (χ0) is 13.7. The Kier molecular flexibility index (Phi) is 2.82. The number of benzene rings is 1. The smallest absolute Gasteiger partial charge is 0.397 e. The third-order valence-electron chi connectivity index (χ3n) is 2.88. The van der Waals surface area contributed by atoms with E-state index in [1.807, 2.05) is 6.92 Å². The van der Waals surface area contributed by atoms with E-state index in [-0.39, 0.29) is 10.6 Å². The first-order valence-electron chi connectivity index (χ1n) is 5.23. The van der Waals surface area contributed by atoms with Crippen LogP contribution in [0.1, 0.15) is 17.4 Å². The highest BCUT2D eigenvalue weighted by Crippen LogP contribution is 2.47. The summed E-state index contributed by atoms with van der Waals surface area (Å²) in [7, 11) is 0. The monoisotopic (exact) mass is 275 g/mol. The van der Waals surface area contributed by atoms with Crippen LogP contribution < -0.4 is 5.73 Å². The van der Waals surface area contributed by atoms with Gasteiger partial charge in [0.25, 0.3) is 0 Å². The average molecular weight is 275 g/mol. The normalized spacial score (nSPS) is 15.9. The lowest BCUT2D eigenvalue weighted by Crippen LogP contribution is -2.38. The number of anilines is 1. The summed E-state index contributed by atoms with van der Waals surface area (Å²) in [5, 5.41) is 10.2. The zero-order valence-corrected chi connectivity index (χ0v) is 10.6. The molecule has 0 amide bonds. The summed E-state index contributed by atoms with van der Waals surface area (Å²) in [5.41, 5.74) is 3.73. The molecular weight excluding hydrogens is 263 g/mol. The molecule has 0 fully saturated rings. The maximum atomic E-state index is 12.8. The Morgan fingerprint density at radius 3 is 2.44 bits per heavy atom. The van der Waals surface area contributed by atoms with Crippen LogP contribution >= 0.6 is 11.3 Å². The van der Waals surface area contributed by atoms with Crippen molar-refractivity contribution in [2.24, 2.45) is 0 Å². The summed E-state index contributed by atoms with van der Waals surface area (Å²) in [4.78, 5) is -0.254. The highest BCUT2D eigenvalue weighted by atomic mass is 32.1. The number of alkyl halides is 3. The van der Waals surface area contributed by atoms with Gasteiger partial charge in [0.2, 0.25) is 0 Å². The van der Waals surface area contributed by atoms with Crippen LogP contribution in [0.4, 0.5) is 18.9 Å². The molecule has 1 aromatic heterocycles. The first-order valence-corrected chi connectivity index (χ1v) is 6.04. The molecule has 0 aliphatic carbocycles. The van der Waals surface area contributed by atoms with Gasteiger partial charge >= 0.3 is 6.18 Å². The quantitative estimate of drug-likeness (QED) is 0.836. The number of aryl methyl sites for hydroxylation is 1. The van der Waals surface area contributed by atoms with E-state index >= 15 is 0 Å². The number of nitrogens with two attached hydrogens (primary N) is 1. The van der Waals surface area contributed by atoms with Crippen molar-refractivity contribution < 1.29 is 18.3 Å². The maximum Gasteiger partial charge on any atom is 0.422 e. The maximum absolute atomic E-state index is 12.8. The Labute approximate surface area is 106 Å². The molecule has 0 aliphatic heterocycles. The average Bonchev–Trinajstić information content (AvgIpc) is 2.55. The number of hydrogen-bond donors (Lipinski definition) is 2. The lowest BCUT2D eigenvalue weighted by atomic mass is 10.0. The highest BCUT2D eigenvalue weighted by Gasteiger charge is 2.53. The Morgan fingerprint density at radius 2 is 1.89 bits per heavy atom. The Morgan fingerprint density at radius 1 is 1.28 bits per heavy atom. The first-order chi connectivity index (χ1) is 8.14. The number of rotatable bonds is 1. The fraction of sp³-hybridized carbons (Fsp3) is 0.333. The van der Waals surface area contributed by atoms with Crippen molar-refractivity contribution in [3.8, 4) is 0 Å².